The number of amides is 2. The lowest BCUT2D eigenvalue weighted by molar-refractivity contribution is -0.137. The zero-order valence-corrected chi connectivity index (χ0v) is 13.1. The SMILES string of the molecule is O=C(NCC1CNC(=O)c2ccccc21)c1ccc(C(F)(F)F)cc1. The van der Waals surface area contributed by atoms with E-state index in [1.54, 1.807) is 12.1 Å². The normalized spacial score (nSPS) is 16.8. The predicted octanol–water partition coefficient (Wildman–Crippen LogP) is 2.96. The third-order valence-electron chi connectivity index (χ3n) is 4.14. The number of nitrogens with one attached hydrogen (secondary N) is 2. The van der Waals surface area contributed by atoms with Gasteiger partial charge in [-0.15, -0.1) is 0 Å². The van der Waals surface area contributed by atoms with Crippen LogP contribution in [-0.4, -0.2) is 24.9 Å². The van der Waals surface area contributed by atoms with Crippen LogP contribution in [0, 0.1) is 0 Å². The van der Waals surface area contributed by atoms with E-state index < -0.39 is 17.6 Å². The van der Waals surface area contributed by atoms with E-state index >= 15 is 0 Å². The van der Waals surface area contributed by atoms with Crippen LogP contribution in [0.1, 0.15) is 37.8 Å². The fraction of sp³-hybridized carbons (Fsp3) is 0.222. The van der Waals surface area contributed by atoms with Crippen LogP contribution in [0.2, 0.25) is 0 Å². The summed E-state index contributed by atoms with van der Waals surface area (Å²) in [5.41, 5.74) is 0.774. The number of rotatable bonds is 3. The van der Waals surface area contributed by atoms with Gasteiger partial charge in [0, 0.05) is 30.1 Å². The van der Waals surface area contributed by atoms with Gasteiger partial charge in [-0.25, -0.2) is 0 Å². The number of carbonyl (C=O) groups is 2. The molecule has 0 aliphatic carbocycles. The Balaban J connectivity index is 1.67. The molecule has 1 aliphatic heterocycles. The molecule has 1 unspecified atom stereocenters. The molecule has 0 fully saturated rings. The van der Waals surface area contributed by atoms with Gasteiger partial charge in [-0.05, 0) is 35.9 Å². The molecule has 3 rings (SSSR count). The summed E-state index contributed by atoms with van der Waals surface area (Å²) in [6, 6.07) is 11.2. The number of benzene rings is 2. The van der Waals surface area contributed by atoms with Crippen LogP contribution in [0.5, 0.6) is 0 Å². The van der Waals surface area contributed by atoms with Crippen molar-refractivity contribution in [2.24, 2.45) is 0 Å². The van der Waals surface area contributed by atoms with Gasteiger partial charge in [-0.2, -0.15) is 13.2 Å². The molecule has 2 aromatic rings. The quantitative estimate of drug-likeness (QED) is 0.896. The van der Waals surface area contributed by atoms with Gasteiger partial charge in [0.1, 0.15) is 0 Å². The molecule has 25 heavy (non-hydrogen) atoms. The zero-order valence-electron chi connectivity index (χ0n) is 13.1. The molecule has 1 atom stereocenters. The second-order valence-corrected chi connectivity index (χ2v) is 5.78. The Kier molecular flexibility index (Phi) is 4.48. The van der Waals surface area contributed by atoms with Crippen molar-refractivity contribution in [2.45, 2.75) is 12.1 Å². The summed E-state index contributed by atoms with van der Waals surface area (Å²) in [5, 5.41) is 5.47. The van der Waals surface area contributed by atoms with Crippen LogP contribution < -0.4 is 10.6 Å². The van der Waals surface area contributed by atoms with Crippen molar-refractivity contribution in [1.29, 1.82) is 0 Å². The second kappa shape index (κ2) is 6.58. The Bertz CT molecular complexity index is 801. The van der Waals surface area contributed by atoms with Crippen LogP contribution in [-0.2, 0) is 6.18 Å². The van der Waals surface area contributed by atoms with Crippen LogP contribution in [0.3, 0.4) is 0 Å². The van der Waals surface area contributed by atoms with E-state index in [0.717, 1.165) is 29.8 Å². The highest BCUT2D eigenvalue weighted by Crippen LogP contribution is 2.29. The highest BCUT2D eigenvalue weighted by Gasteiger charge is 2.30. The summed E-state index contributed by atoms with van der Waals surface area (Å²) < 4.78 is 37.6. The smallest absolute Gasteiger partial charge is 0.351 e. The molecule has 4 nitrogen and oxygen atoms in total. The predicted molar refractivity (Wildman–Crippen MR) is 85.3 cm³/mol. The fourth-order valence-corrected chi connectivity index (χ4v) is 2.79. The summed E-state index contributed by atoms with van der Waals surface area (Å²) >= 11 is 0. The van der Waals surface area contributed by atoms with Gasteiger partial charge in [-0.1, -0.05) is 18.2 Å². The van der Waals surface area contributed by atoms with Crippen molar-refractivity contribution in [3.8, 4) is 0 Å². The minimum atomic E-state index is -4.43. The average Bonchev–Trinajstić information content (AvgIpc) is 2.60. The number of carbonyl (C=O) groups excluding carboxylic acids is 2. The average molecular weight is 348 g/mol. The number of hydrogen-bond donors (Lipinski definition) is 2. The molecule has 0 spiro atoms. The van der Waals surface area contributed by atoms with Gasteiger partial charge < -0.3 is 10.6 Å². The Hall–Kier alpha value is -2.83. The fourth-order valence-electron chi connectivity index (χ4n) is 2.79. The Morgan fingerprint density at radius 1 is 1.12 bits per heavy atom. The zero-order chi connectivity index (χ0) is 18.0. The van der Waals surface area contributed by atoms with Crippen molar-refractivity contribution in [3.05, 3.63) is 70.8 Å². The van der Waals surface area contributed by atoms with E-state index in [0.29, 0.717) is 12.1 Å². The lowest BCUT2D eigenvalue weighted by Gasteiger charge is -2.25. The summed E-state index contributed by atoms with van der Waals surface area (Å²) in [5.74, 6) is -0.698. The molecule has 2 amide bonds. The van der Waals surface area contributed by atoms with Crippen molar-refractivity contribution >= 4 is 11.8 Å². The monoisotopic (exact) mass is 348 g/mol. The molecule has 7 heteroatoms. The maximum absolute atomic E-state index is 12.5. The first-order valence-electron chi connectivity index (χ1n) is 7.69. The first-order valence-corrected chi connectivity index (χ1v) is 7.69. The van der Waals surface area contributed by atoms with Gasteiger partial charge >= 0.3 is 6.18 Å². The highest BCUT2D eigenvalue weighted by atomic mass is 19.4. The molecular formula is C18H15F3N2O2. The first kappa shape index (κ1) is 17.0. The molecule has 1 heterocycles. The Morgan fingerprint density at radius 2 is 1.80 bits per heavy atom. The van der Waals surface area contributed by atoms with Crippen molar-refractivity contribution < 1.29 is 22.8 Å². The molecule has 130 valence electrons. The van der Waals surface area contributed by atoms with Crippen molar-refractivity contribution in [1.82, 2.24) is 10.6 Å². The molecule has 0 saturated carbocycles. The molecule has 2 aromatic carbocycles. The molecule has 1 aliphatic rings. The largest absolute Gasteiger partial charge is 0.416 e. The van der Waals surface area contributed by atoms with Crippen molar-refractivity contribution in [3.63, 3.8) is 0 Å². The number of hydrogen-bond acceptors (Lipinski definition) is 2. The van der Waals surface area contributed by atoms with Crippen LogP contribution >= 0.6 is 0 Å². The highest BCUT2D eigenvalue weighted by molar-refractivity contribution is 5.97. The molecule has 0 radical (unpaired) electrons. The third-order valence-corrected chi connectivity index (χ3v) is 4.14. The summed E-state index contributed by atoms with van der Waals surface area (Å²) in [7, 11) is 0. The van der Waals surface area contributed by atoms with Crippen molar-refractivity contribution in [2.75, 3.05) is 13.1 Å². The third kappa shape index (κ3) is 3.65. The lowest BCUT2D eigenvalue weighted by atomic mass is 9.90. The molecule has 0 aromatic heterocycles. The Morgan fingerprint density at radius 3 is 2.48 bits per heavy atom. The van der Waals surface area contributed by atoms with E-state index in [2.05, 4.69) is 10.6 Å². The minimum absolute atomic E-state index is 0.0905. The molecular weight excluding hydrogens is 333 g/mol. The standard InChI is InChI=1S/C18H15F3N2O2/c19-18(20,21)13-7-5-11(6-8-13)16(24)22-9-12-10-23-17(25)15-4-2-1-3-14(12)15/h1-8,12H,9-10H2,(H,22,24)(H,23,25). The van der Waals surface area contributed by atoms with E-state index in [9.17, 15) is 22.8 Å². The van der Waals surface area contributed by atoms with Crippen LogP contribution in [0.15, 0.2) is 48.5 Å². The van der Waals surface area contributed by atoms with E-state index in [4.69, 9.17) is 0 Å². The number of fused-ring (bicyclic) bond motifs is 1. The maximum atomic E-state index is 12.5. The van der Waals surface area contributed by atoms with Gasteiger partial charge in [0.2, 0.25) is 0 Å². The number of alkyl halides is 3. The molecule has 0 saturated heterocycles. The van der Waals surface area contributed by atoms with Gasteiger partial charge in [0.25, 0.3) is 11.8 Å². The van der Waals surface area contributed by atoms with Crippen LogP contribution in [0.25, 0.3) is 0 Å². The topological polar surface area (TPSA) is 58.2 Å². The van der Waals surface area contributed by atoms with Gasteiger partial charge in [-0.3, -0.25) is 9.59 Å². The summed E-state index contributed by atoms with van der Waals surface area (Å²) in [4.78, 5) is 24.0. The molecule has 2 N–H and O–H groups in total. The van der Waals surface area contributed by atoms with E-state index in [1.165, 1.54) is 0 Å². The van der Waals surface area contributed by atoms with Gasteiger partial charge in [0.05, 0.1) is 5.56 Å². The minimum Gasteiger partial charge on any atom is -0.351 e. The van der Waals surface area contributed by atoms with E-state index in [1.807, 2.05) is 12.1 Å². The summed E-state index contributed by atoms with van der Waals surface area (Å²) in [6.07, 6.45) is -4.43. The maximum Gasteiger partial charge on any atom is 0.416 e. The summed E-state index contributed by atoms with van der Waals surface area (Å²) in [6.45, 7) is 0.667. The lowest BCUT2D eigenvalue weighted by Crippen LogP contribution is -2.40. The molecule has 0 bridgehead atoms. The second-order valence-electron chi connectivity index (χ2n) is 5.78. The van der Waals surface area contributed by atoms with Gasteiger partial charge in [0.15, 0.2) is 0 Å². The van der Waals surface area contributed by atoms with Crippen LogP contribution in [0.4, 0.5) is 13.2 Å². The first-order chi connectivity index (χ1) is 11.9. The van der Waals surface area contributed by atoms with E-state index in [-0.39, 0.29) is 23.9 Å². The number of halogens is 3. The Labute approximate surface area is 142 Å².